The fourth-order valence-electron chi connectivity index (χ4n) is 3.00. The maximum Gasteiger partial charge on any atom is 0.269 e. The number of aromatic nitrogens is 1. The lowest BCUT2D eigenvalue weighted by molar-refractivity contribution is -0.384. The Bertz CT molecular complexity index is 1150. The lowest BCUT2D eigenvalue weighted by Crippen LogP contribution is -2.12. The smallest absolute Gasteiger partial charge is 0.269 e. The van der Waals surface area contributed by atoms with Crippen LogP contribution in [0.4, 0.5) is 5.69 Å². The first-order chi connectivity index (χ1) is 15.1. The van der Waals surface area contributed by atoms with Crippen LogP contribution in [0.25, 0.3) is 10.9 Å². The number of pyridine rings is 1. The van der Waals surface area contributed by atoms with E-state index in [4.69, 9.17) is 4.84 Å². The average molecular weight is 477 g/mol. The molecule has 154 valence electrons. The van der Waals surface area contributed by atoms with E-state index < -0.39 is 4.92 Å². The van der Waals surface area contributed by atoms with Gasteiger partial charge in [0.15, 0.2) is 6.17 Å². The fraction of sp³-hybridized carbons (Fsp3) is 0.0435. The molecule has 0 amide bonds. The van der Waals surface area contributed by atoms with Gasteiger partial charge in [0.05, 0.1) is 26.6 Å². The molecule has 0 aliphatic carbocycles. The molecule has 0 radical (unpaired) electrons. The number of rotatable bonds is 3. The molecule has 0 bridgehead atoms. The lowest BCUT2D eigenvalue weighted by atomic mass is 10.2. The van der Waals surface area contributed by atoms with Crippen molar-refractivity contribution in [2.24, 2.45) is 4.99 Å². The first-order valence-corrected chi connectivity index (χ1v) is 10.1. The van der Waals surface area contributed by atoms with Crippen molar-refractivity contribution in [3.63, 3.8) is 0 Å². The van der Waals surface area contributed by atoms with Crippen LogP contribution >= 0.6 is 16.1 Å². The fourth-order valence-corrected chi connectivity index (χ4v) is 3.46. The number of halogens is 1. The predicted octanol–water partition coefficient (Wildman–Crippen LogP) is 5.83. The number of hydrogen-bond acceptors (Lipinski definition) is 6. The molecule has 0 saturated carbocycles. The number of para-hydroxylation sites is 1. The summed E-state index contributed by atoms with van der Waals surface area (Å²) in [5.41, 5.74) is 2.76. The van der Waals surface area contributed by atoms with E-state index in [1.807, 2.05) is 60.8 Å². The molecule has 4 aromatic rings. The topological polar surface area (TPSA) is 80.9 Å². The number of fused-ring (bicyclic) bond motifs is 1. The van der Waals surface area contributed by atoms with E-state index in [-0.39, 0.29) is 11.9 Å². The van der Waals surface area contributed by atoms with Crippen molar-refractivity contribution in [1.29, 1.82) is 0 Å². The molecular formula is C23H17BrN4O3. The normalized spacial score (nSPS) is 15.5. The molecule has 1 aromatic heterocycles. The van der Waals surface area contributed by atoms with Crippen molar-refractivity contribution in [3.05, 3.63) is 118 Å². The maximum absolute atomic E-state index is 10.7. The molecule has 1 aliphatic heterocycles. The van der Waals surface area contributed by atoms with Gasteiger partial charge in [-0.2, -0.15) is 0 Å². The summed E-state index contributed by atoms with van der Waals surface area (Å²) in [6.07, 6.45) is 1.51. The number of non-ortho nitro benzene ring substituents is 1. The highest BCUT2D eigenvalue weighted by Gasteiger charge is 2.29. The second kappa shape index (κ2) is 9.46. The van der Waals surface area contributed by atoms with Gasteiger partial charge in [0, 0.05) is 29.3 Å². The third-order valence-electron chi connectivity index (χ3n) is 4.54. The molecule has 31 heavy (non-hydrogen) atoms. The minimum atomic E-state index is -0.440. The molecular weight excluding hydrogens is 460 g/mol. The van der Waals surface area contributed by atoms with E-state index in [1.165, 1.54) is 21.6 Å². The molecule has 0 spiro atoms. The van der Waals surface area contributed by atoms with Gasteiger partial charge in [0.25, 0.3) is 5.69 Å². The van der Waals surface area contributed by atoms with Crippen molar-refractivity contribution in [2.45, 2.75) is 6.17 Å². The first-order valence-electron chi connectivity index (χ1n) is 9.42. The molecule has 2 heterocycles. The van der Waals surface area contributed by atoms with Crippen LogP contribution < -0.4 is 0 Å². The summed E-state index contributed by atoms with van der Waals surface area (Å²) in [5, 5.41) is 11.9. The van der Waals surface area contributed by atoms with Crippen LogP contribution in [-0.2, 0) is 4.84 Å². The third kappa shape index (κ3) is 4.93. The van der Waals surface area contributed by atoms with Crippen molar-refractivity contribution in [3.8, 4) is 0 Å². The zero-order valence-electron chi connectivity index (χ0n) is 16.2. The first kappa shape index (κ1) is 20.6. The second-order valence-corrected chi connectivity index (χ2v) is 7.28. The van der Waals surface area contributed by atoms with E-state index >= 15 is 0 Å². The maximum atomic E-state index is 10.7. The van der Waals surface area contributed by atoms with Crippen molar-refractivity contribution >= 4 is 38.6 Å². The van der Waals surface area contributed by atoms with E-state index in [9.17, 15) is 10.1 Å². The number of nitro groups is 1. The van der Waals surface area contributed by atoms with Gasteiger partial charge < -0.3 is 4.84 Å². The minimum absolute atomic E-state index is 0.0349. The van der Waals surface area contributed by atoms with Crippen LogP contribution in [-0.4, -0.2) is 19.9 Å². The molecule has 0 N–H and O–H groups in total. The summed E-state index contributed by atoms with van der Waals surface area (Å²) in [7, 11) is 0. The van der Waals surface area contributed by atoms with Crippen molar-refractivity contribution < 1.29 is 9.76 Å². The Kier molecular flexibility index (Phi) is 6.30. The van der Waals surface area contributed by atoms with Crippen LogP contribution in [0.5, 0.6) is 0 Å². The van der Waals surface area contributed by atoms with Crippen molar-refractivity contribution in [1.82, 2.24) is 9.07 Å². The van der Waals surface area contributed by atoms with Crippen LogP contribution in [0.1, 0.15) is 17.3 Å². The lowest BCUT2D eigenvalue weighted by Gasteiger charge is -2.13. The summed E-state index contributed by atoms with van der Waals surface area (Å²) >= 11 is 3.31. The predicted molar refractivity (Wildman–Crippen MR) is 122 cm³/mol. The SMILES string of the molecule is O=[N+]([O-])c1ccc(C2=NC(c3ccccc3)N(Br)O2)cc1.c1ccc2ncccc2c1. The summed E-state index contributed by atoms with van der Waals surface area (Å²) < 4.78 is 1.47. The molecule has 0 fully saturated rings. The van der Waals surface area contributed by atoms with Gasteiger partial charge in [-0.1, -0.05) is 54.6 Å². The Morgan fingerprint density at radius 1 is 0.903 bits per heavy atom. The van der Waals surface area contributed by atoms with Gasteiger partial charge in [-0.25, -0.2) is 4.99 Å². The van der Waals surface area contributed by atoms with Gasteiger partial charge in [-0.05, 0) is 33.9 Å². The highest BCUT2D eigenvalue weighted by Crippen LogP contribution is 2.32. The molecule has 3 aromatic carbocycles. The second-order valence-electron chi connectivity index (χ2n) is 6.58. The Balaban J connectivity index is 0.000000192. The molecule has 5 rings (SSSR count). The van der Waals surface area contributed by atoms with E-state index in [2.05, 4.69) is 38.3 Å². The van der Waals surface area contributed by atoms with Gasteiger partial charge in [0.2, 0.25) is 5.90 Å². The van der Waals surface area contributed by atoms with Gasteiger partial charge in [0.1, 0.15) is 0 Å². The molecule has 1 aliphatic rings. The van der Waals surface area contributed by atoms with Crippen LogP contribution in [0.15, 0.2) is 102 Å². The molecule has 0 saturated heterocycles. The van der Waals surface area contributed by atoms with E-state index in [0.29, 0.717) is 11.5 Å². The summed E-state index contributed by atoms with van der Waals surface area (Å²) in [4.78, 5) is 24.4. The highest BCUT2D eigenvalue weighted by atomic mass is 79.9. The minimum Gasteiger partial charge on any atom is -0.372 e. The Hall–Kier alpha value is -3.62. The summed E-state index contributed by atoms with van der Waals surface area (Å²) in [6, 6.07) is 27.8. The van der Waals surface area contributed by atoms with Crippen LogP contribution in [0, 0.1) is 10.1 Å². The van der Waals surface area contributed by atoms with Crippen LogP contribution in [0.2, 0.25) is 0 Å². The molecule has 1 unspecified atom stereocenters. The van der Waals surface area contributed by atoms with E-state index in [1.54, 1.807) is 12.1 Å². The highest BCUT2D eigenvalue weighted by molar-refractivity contribution is 9.07. The number of hydrogen-bond donors (Lipinski definition) is 0. The molecule has 7 nitrogen and oxygen atoms in total. The van der Waals surface area contributed by atoms with Gasteiger partial charge in [-0.3, -0.25) is 15.1 Å². The monoisotopic (exact) mass is 476 g/mol. The zero-order valence-corrected chi connectivity index (χ0v) is 17.8. The Labute approximate surface area is 187 Å². The number of benzene rings is 3. The van der Waals surface area contributed by atoms with Crippen molar-refractivity contribution in [2.75, 3.05) is 0 Å². The summed E-state index contributed by atoms with van der Waals surface area (Å²) in [6.45, 7) is 0. The summed E-state index contributed by atoms with van der Waals surface area (Å²) in [5.74, 6) is 0.413. The molecule has 1 atom stereocenters. The van der Waals surface area contributed by atoms with E-state index in [0.717, 1.165) is 11.1 Å². The van der Waals surface area contributed by atoms with Gasteiger partial charge >= 0.3 is 0 Å². The Morgan fingerprint density at radius 2 is 1.58 bits per heavy atom. The Morgan fingerprint density at radius 3 is 2.29 bits per heavy atom. The zero-order chi connectivity index (χ0) is 21.6. The van der Waals surface area contributed by atoms with Gasteiger partial charge in [-0.15, -0.1) is 0 Å². The average Bonchev–Trinajstić information content (AvgIpc) is 3.22. The largest absolute Gasteiger partial charge is 0.372 e. The quantitative estimate of drug-likeness (QED) is 0.211. The number of nitrogens with zero attached hydrogens (tertiary/aromatic N) is 4. The number of hydroxylamine groups is 1. The number of aliphatic imine (C=N–C) groups is 1. The number of nitro benzene ring substituents is 1. The van der Waals surface area contributed by atoms with Crippen LogP contribution in [0.3, 0.4) is 0 Å². The third-order valence-corrected chi connectivity index (χ3v) is 5.07. The standard InChI is InChI=1S/C14H10BrN3O3.C9H7N/c15-17-13(10-4-2-1-3-5-10)16-14(21-17)11-6-8-12(9-7-11)18(19)20;1-2-6-9-8(4-1)5-3-7-10-9/h1-9,13H;1-7H. The molecule has 8 heteroatoms.